The molecule has 38 heavy (non-hydrogen) atoms. The molecular weight excluding hydrogens is 518 g/mol. The summed E-state index contributed by atoms with van der Waals surface area (Å²) in [4.78, 5) is 34.0. The molecule has 2 heterocycles. The van der Waals surface area contributed by atoms with Gasteiger partial charge in [0.05, 0.1) is 6.54 Å². The third-order valence-corrected chi connectivity index (χ3v) is 7.40. The first-order valence-corrected chi connectivity index (χ1v) is 13.7. The van der Waals surface area contributed by atoms with Gasteiger partial charge in [-0.15, -0.1) is 11.3 Å². The molecule has 0 spiro atoms. The van der Waals surface area contributed by atoms with Gasteiger partial charge in [-0.05, 0) is 34.9 Å². The van der Waals surface area contributed by atoms with Gasteiger partial charge < -0.3 is 15.5 Å². The summed E-state index contributed by atoms with van der Waals surface area (Å²) < 4.78 is 0. The van der Waals surface area contributed by atoms with Crippen molar-refractivity contribution in [1.82, 2.24) is 20.1 Å². The molecule has 1 aliphatic rings. The number of carbonyl (C=O) groups is 2. The van der Waals surface area contributed by atoms with Crippen LogP contribution in [0, 0.1) is 0 Å². The summed E-state index contributed by atoms with van der Waals surface area (Å²) in [7, 11) is 0. The predicted molar refractivity (Wildman–Crippen MR) is 153 cm³/mol. The van der Waals surface area contributed by atoms with Gasteiger partial charge in [-0.3, -0.25) is 14.5 Å². The van der Waals surface area contributed by atoms with Gasteiger partial charge in [0.2, 0.25) is 5.91 Å². The SMILES string of the molecule is O=C(CN1CCN(C(=O)c2csc(Nc3cccc(Cl)c3)n2)CC1)NCc1ccccc1-c1ccccc1. The quantitative estimate of drug-likeness (QED) is 0.315. The number of thiazole rings is 1. The number of nitrogens with one attached hydrogen (secondary N) is 2. The van der Waals surface area contributed by atoms with Crippen LogP contribution in [0.3, 0.4) is 0 Å². The van der Waals surface area contributed by atoms with Gasteiger partial charge in [-0.2, -0.15) is 0 Å². The summed E-state index contributed by atoms with van der Waals surface area (Å²) >= 11 is 7.42. The first-order valence-electron chi connectivity index (χ1n) is 12.4. The Morgan fingerprint density at radius 1 is 0.921 bits per heavy atom. The van der Waals surface area contributed by atoms with E-state index in [2.05, 4.69) is 38.7 Å². The Morgan fingerprint density at radius 3 is 2.47 bits per heavy atom. The molecule has 0 unspecified atom stereocenters. The van der Waals surface area contributed by atoms with E-state index in [-0.39, 0.29) is 11.8 Å². The molecule has 0 aliphatic carbocycles. The number of rotatable bonds is 8. The summed E-state index contributed by atoms with van der Waals surface area (Å²) in [5.74, 6) is -0.120. The predicted octanol–water partition coefficient (Wildman–Crippen LogP) is 5.28. The number of benzene rings is 3. The summed E-state index contributed by atoms with van der Waals surface area (Å²) in [5, 5.41) is 9.28. The molecule has 7 nitrogen and oxygen atoms in total. The van der Waals surface area contributed by atoms with Crippen molar-refractivity contribution in [1.29, 1.82) is 0 Å². The molecule has 2 amide bonds. The molecule has 194 valence electrons. The fraction of sp³-hybridized carbons (Fsp3) is 0.207. The van der Waals surface area contributed by atoms with E-state index in [1.165, 1.54) is 11.3 Å². The highest BCUT2D eigenvalue weighted by molar-refractivity contribution is 7.14. The summed E-state index contributed by atoms with van der Waals surface area (Å²) in [5.41, 5.74) is 4.57. The Hall–Kier alpha value is -3.72. The molecule has 2 N–H and O–H groups in total. The van der Waals surface area contributed by atoms with Gasteiger partial charge in [0.1, 0.15) is 5.69 Å². The lowest BCUT2D eigenvalue weighted by Gasteiger charge is -2.34. The van der Waals surface area contributed by atoms with Gasteiger partial charge in [-0.25, -0.2) is 4.98 Å². The number of hydrogen-bond donors (Lipinski definition) is 2. The zero-order chi connectivity index (χ0) is 26.3. The molecule has 5 rings (SSSR count). The van der Waals surface area contributed by atoms with Crippen LogP contribution >= 0.6 is 22.9 Å². The Balaban J connectivity index is 1.09. The highest BCUT2D eigenvalue weighted by atomic mass is 35.5. The minimum absolute atomic E-state index is 0.0242. The molecule has 0 bridgehead atoms. The van der Waals surface area contributed by atoms with Crippen molar-refractivity contribution in [3.63, 3.8) is 0 Å². The van der Waals surface area contributed by atoms with E-state index >= 15 is 0 Å². The van der Waals surface area contributed by atoms with E-state index in [9.17, 15) is 9.59 Å². The number of hydrogen-bond acceptors (Lipinski definition) is 6. The average Bonchev–Trinajstić information content (AvgIpc) is 3.41. The van der Waals surface area contributed by atoms with Gasteiger partial charge in [0.15, 0.2) is 5.13 Å². The van der Waals surface area contributed by atoms with E-state index in [0.29, 0.717) is 55.1 Å². The molecule has 0 saturated carbocycles. The number of nitrogens with zero attached hydrogens (tertiary/aromatic N) is 3. The van der Waals surface area contributed by atoms with Crippen LogP contribution in [0.4, 0.5) is 10.8 Å². The molecule has 1 aliphatic heterocycles. The maximum atomic E-state index is 13.0. The monoisotopic (exact) mass is 545 g/mol. The fourth-order valence-electron chi connectivity index (χ4n) is 4.42. The summed E-state index contributed by atoms with van der Waals surface area (Å²) in [6.07, 6.45) is 0. The van der Waals surface area contributed by atoms with Crippen LogP contribution in [0.5, 0.6) is 0 Å². The third kappa shape index (κ3) is 6.58. The number of piperazine rings is 1. The molecule has 1 fully saturated rings. The van der Waals surface area contributed by atoms with E-state index < -0.39 is 0 Å². The molecule has 4 aromatic rings. The number of aromatic nitrogens is 1. The van der Waals surface area contributed by atoms with Crippen LogP contribution in [0.25, 0.3) is 11.1 Å². The van der Waals surface area contributed by atoms with Crippen LogP contribution < -0.4 is 10.6 Å². The molecule has 0 atom stereocenters. The Kier molecular flexibility index (Phi) is 8.33. The third-order valence-electron chi connectivity index (χ3n) is 6.40. The standard InChI is InChI=1S/C29H28ClN5O2S/c30-23-10-6-11-24(17-23)32-29-33-26(20-38-29)28(37)35-15-13-34(14-16-35)19-27(36)31-18-22-9-4-5-12-25(22)21-7-2-1-3-8-21/h1-12,17,20H,13-16,18-19H2,(H,31,36)(H,32,33). The topological polar surface area (TPSA) is 77.6 Å². The van der Waals surface area contributed by atoms with Crippen molar-refractivity contribution < 1.29 is 9.59 Å². The smallest absolute Gasteiger partial charge is 0.273 e. The van der Waals surface area contributed by atoms with E-state index in [4.69, 9.17) is 11.6 Å². The summed E-state index contributed by atoms with van der Waals surface area (Å²) in [6, 6.07) is 25.6. The van der Waals surface area contributed by atoms with E-state index in [1.54, 1.807) is 16.3 Å². The maximum Gasteiger partial charge on any atom is 0.273 e. The molecule has 9 heteroatoms. The average molecular weight is 546 g/mol. The highest BCUT2D eigenvalue weighted by Crippen LogP contribution is 2.25. The number of amides is 2. The normalized spacial score (nSPS) is 13.8. The summed E-state index contributed by atoms with van der Waals surface area (Å²) in [6.45, 7) is 3.15. The van der Waals surface area contributed by atoms with Crippen molar-refractivity contribution in [3.8, 4) is 11.1 Å². The van der Waals surface area contributed by atoms with Crippen LogP contribution in [0.1, 0.15) is 16.1 Å². The Morgan fingerprint density at radius 2 is 1.68 bits per heavy atom. The molecular formula is C29H28ClN5O2S. The first-order chi connectivity index (χ1) is 18.5. The lowest BCUT2D eigenvalue weighted by molar-refractivity contribution is -0.122. The Labute approximate surface area is 231 Å². The second-order valence-corrected chi connectivity index (χ2v) is 10.3. The molecule has 3 aromatic carbocycles. The molecule has 1 saturated heterocycles. The minimum Gasteiger partial charge on any atom is -0.351 e. The largest absolute Gasteiger partial charge is 0.351 e. The Bertz CT molecular complexity index is 1400. The van der Waals surface area contributed by atoms with Crippen LogP contribution in [-0.2, 0) is 11.3 Å². The van der Waals surface area contributed by atoms with Gasteiger partial charge in [-0.1, -0.05) is 72.3 Å². The van der Waals surface area contributed by atoms with E-state index in [0.717, 1.165) is 22.4 Å². The van der Waals surface area contributed by atoms with Crippen LogP contribution in [0.15, 0.2) is 84.2 Å². The minimum atomic E-state index is -0.0954. The van der Waals surface area contributed by atoms with Gasteiger partial charge in [0.25, 0.3) is 5.91 Å². The fourth-order valence-corrected chi connectivity index (χ4v) is 5.31. The zero-order valence-electron chi connectivity index (χ0n) is 20.8. The van der Waals surface area contributed by atoms with Gasteiger partial charge >= 0.3 is 0 Å². The maximum absolute atomic E-state index is 13.0. The van der Waals surface area contributed by atoms with Crippen molar-refractivity contribution >= 4 is 45.6 Å². The van der Waals surface area contributed by atoms with Gasteiger partial charge in [0, 0.05) is 48.8 Å². The highest BCUT2D eigenvalue weighted by Gasteiger charge is 2.25. The van der Waals surface area contributed by atoms with E-state index in [1.807, 2.05) is 54.6 Å². The lowest BCUT2D eigenvalue weighted by Crippen LogP contribution is -2.51. The zero-order valence-corrected chi connectivity index (χ0v) is 22.3. The number of halogens is 1. The molecule has 0 radical (unpaired) electrons. The van der Waals surface area contributed by atoms with Crippen molar-refractivity contribution in [3.05, 3.63) is 101 Å². The molecule has 1 aromatic heterocycles. The van der Waals surface area contributed by atoms with Crippen LogP contribution in [0.2, 0.25) is 5.02 Å². The van der Waals surface area contributed by atoms with Crippen LogP contribution in [-0.4, -0.2) is 59.3 Å². The van der Waals surface area contributed by atoms with Crippen molar-refractivity contribution in [2.75, 3.05) is 38.0 Å². The lowest BCUT2D eigenvalue weighted by atomic mass is 10.00. The second kappa shape index (κ2) is 12.2. The second-order valence-electron chi connectivity index (χ2n) is 9.04. The van der Waals surface area contributed by atoms with Crippen molar-refractivity contribution in [2.24, 2.45) is 0 Å². The number of anilines is 2. The first kappa shape index (κ1) is 25.9. The van der Waals surface area contributed by atoms with Crippen molar-refractivity contribution in [2.45, 2.75) is 6.54 Å². The number of carbonyl (C=O) groups excluding carboxylic acids is 2.